The fourth-order valence-corrected chi connectivity index (χ4v) is 2.91. The van der Waals surface area contributed by atoms with Crippen molar-refractivity contribution in [3.8, 4) is 0 Å². The van der Waals surface area contributed by atoms with E-state index in [1.807, 2.05) is 0 Å². The molecule has 0 aliphatic carbocycles. The van der Waals surface area contributed by atoms with E-state index in [2.05, 4.69) is 127 Å². The Kier molecular flexibility index (Phi) is 4.98. The molecule has 0 spiro atoms. The Balaban J connectivity index is 2.04. The van der Waals surface area contributed by atoms with E-state index in [-0.39, 0.29) is 6.17 Å². The van der Waals surface area contributed by atoms with E-state index in [0.29, 0.717) is 0 Å². The van der Waals surface area contributed by atoms with Gasteiger partial charge in [0.15, 0.2) is 24.8 Å². The molecule has 0 saturated heterocycles. The first-order valence-electron chi connectivity index (χ1n) is 8.47. The molecule has 3 aromatic rings. The molecule has 0 fully saturated rings. The van der Waals surface area contributed by atoms with Crippen molar-refractivity contribution in [2.75, 3.05) is 38.0 Å². The summed E-state index contributed by atoms with van der Waals surface area (Å²) < 4.78 is 4.47. The summed E-state index contributed by atoms with van der Waals surface area (Å²) in [6, 6.07) is 19.2. The maximum atomic E-state index is 2.23. The van der Waals surface area contributed by atoms with Gasteiger partial charge in [0.05, 0.1) is 5.56 Å². The van der Waals surface area contributed by atoms with Crippen LogP contribution in [0, 0.1) is 0 Å². The van der Waals surface area contributed by atoms with Crippen LogP contribution in [0.5, 0.6) is 0 Å². The Bertz CT molecular complexity index is 742. The Hall–Kier alpha value is -2.88. The fraction of sp³-hybridized carbons (Fsp3) is 0.238. The molecule has 0 aliphatic rings. The lowest BCUT2D eigenvalue weighted by molar-refractivity contribution is -0.934. The van der Waals surface area contributed by atoms with Crippen molar-refractivity contribution < 1.29 is 9.13 Å². The molecule has 25 heavy (non-hydrogen) atoms. The first-order valence-corrected chi connectivity index (χ1v) is 8.47. The highest BCUT2D eigenvalue weighted by molar-refractivity contribution is 5.42. The minimum absolute atomic E-state index is 0.0774. The zero-order chi connectivity index (χ0) is 17.8. The molecule has 0 unspecified atom stereocenters. The Morgan fingerprint density at radius 2 is 1.00 bits per heavy atom. The van der Waals surface area contributed by atoms with Gasteiger partial charge >= 0.3 is 6.17 Å². The minimum atomic E-state index is 0.0774. The van der Waals surface area contributed by atoms with Crippen LogP contribution < -0.4 is 18.9 Å². The van der Waals surface area contributed by atoms with Crippen molar-refractivity contribution in [1.29, 1.82) is 0 Å². The molecule has 2 heterocycles. The van der Waals surface area contributed by atoms with Gasteiger partial charge in [-0.2, -0.15) is 0 Å². The predicted molar refractivity (Wildman–Crippen MR) is 102 cm³/mol. The standard InChI is InChI=1S/C21H26N4/c1-22(2)19-10-14-24(15-11-19)21(18-8-6-5-7-9-18)25-16-12-20(13-17-25)23(3)4/h5-17,21H,1-4H3/q+2. The molecule has 1 aromatic carbocycles. The monoisotopic (exact) mass is 334 g/mol. The van der Waals surface area contributed by atoms with E-state index in [4.69, 9.17) is 0 Å². The molecule has 2 aromatic heterocycles. The molecule has 4 heteroatoms. The average Bonchev–Trinajstić information content (AvgIpc) is 2.64. The lowest BCUT2D eigenvalue weighted by Gasteiger charge is -2.14. The number of benzene rings is 1. The number of aromatic nitrogens is 2. The van der Waals surface area contributed by atoms with Crippen molar-refractivity contribution in [2.24, 2.45) is 0 Å². The second-order valence-corrected chi connectivity index (χ2v) is 6.58. The second kappa shape index (κ2) is 7.34. The van der Waals surface area contributed by atoms with Gasteiger partial charge in [0.25, 0.3) is 0 Å². The van der Waals surface area contributed by atoms with Gasteiger partial charge in [-0.05, 0) is 12.1 Å². The van der Waals surface area contributed by atoms with Crippen LogP contribution in [0.4, 0.5) is 11.4 Å². The van der Waals surface area contributed by atoms with Crippen LogP contribution in [0.1, 0.15) is 11.7 Å². The highest BCUT2D eigenvalue weighted by Gasteiger charge is 2.29. The summed E-state index contributed by atoms with van der Waals surface area (Å²) in [5, 5.41) is 0. The van der Waals surface area contributed by atoms with Crippen molar-refractivity contribution >= 4 is 11.4 Å². The molecular formula is C21H26N4+2. The quantitative estimate of drug-likeness (QED) is 0.666. The van der Waals surface area contributed by atoms with Crippen molar-refractivity contribution in [1.82, 2.24) is 0 Å². The molecule has 4 nitrogen and oxygen atoms in total. The maximum absolute atomic E-state index is 2.23. The van der Waals surface area contributed by atoms with Crippen LogP contribution in [0.3, 0.4) is 0 Å². The van der Waals surface area contributed by atoms with Crippen molar-refractivity contribution in [3.05, 3.63) is 84.9 Å². The maximum Gasteiger partial charge on any atom is 0.379 e. The predicted octanol–water partition coefficient (Wildman–Crippen LogP) is 2.49. The van der Waals surface area contributed by atoms with E-state index < -0.39 is 0 Å². The van der Waals surface area contributed by atoms with Crippen molar-refractivity contribution in [3.63, 3.8) is 0 Å². The average molecular weight is 334 g/mol. The van der Waals surface area contributed by atoms with Crippen LogP contribution in [0.2, 0.25) is 0 Å². The van der Waals surface area contributed by atoms with E-state index >= 15 is 0 Å². The zero-order valence-electron chi connectivity index (χ0n) is 15.4. The Morgan fingerprint density at radius 3 is 1.36 bits per heavy atom. The molecule has 0 saturated carbocycles. The van der Waals surface area contributed by atoms with Crippen LogP contribution in [-0.4, -0.2) is 28.2 Å². The van der Waals surface area contributed by atoms with Crippen LogP contribution >= 0.6 is 0 Å². The molecule has 0 radical (unpaired) electrons. The van der Waals surface area contributed by atoms with Gasteiger partial charge in [-0.1, -0.05) is 18.2 Å². The third kappa shape index (κ3) is 3.79. The number of pyridine rings is 2. The van der Waals surface area contributed by atoms with Crippen LogP contribution in [-0.2, 0) is 0 Å². The van der Waals surface area contributed by atoms with Gasteiger partial charge in [-0.15, -0.1) is 9.13 Å². The highest BCUT2D eigenvalue weighted by Crippen LogP contribution is 2.13. The topological polar surface area (TPSA) is 14.2 Å². The van der Waals surface area contributed by atoms with Gasteiger partial charge in [0.1, 0.15) is 0 Å². The first-order chi connectivity index (χ1) is 12.1. The summed E-state index contributed by atoms with van der Waals surface area (Å²) in [5.74, 6) is 0. The van der Waals surface area contributed by atoms with E-state index in [1.165, 1.54) is 16.9 Å². The van der Waals surface area contributed by atoms with E-state index in [0.717, 1.165) is 0 Å². The van der Waals surface area contributed by atoms with Gasteiger partial charge in [0.2, 0.25) is 0 Å². The molecule has 0 N–H and O–H groups in total. The third-order valence-electron chi connectivity index (χ3n) is 4.37. The third-order valence-corrected chi connectivity index (χ3v) is 4.37. The molecule has 3 rings (SSSR count). The number of hydrogen-bond acceptors (Lipinski definition) is 2. The fourth-order valence-electron chi connectivity index (χ4n) is 2.91. The summed E-state index contributed by atoms with van der Waals surface area (Å²) in [7, 11) is 8.23. The smallest absolute Gasteiger partial charge is 0.377 e. The van der Waals surface area contributed by atoms with Gasteiger partial charge < -0.3 is 9.80 Å². The SMILES string of the molecule is CN(C)c1cc[n+](C(c2ccccc2)[n+]2ccc(N(C)C)cc2)cc1. The molecular weight excluding hydrogens is 308 g/mol. The van der Waals surface area contributed by atoms with Crippen LogP contribution in [0.15, 0.2) is 79.4 Å². The lowest BCUT2D eigenvalue weighted by atomic mass is 10.1. The highest BCUT2D eigenvalue weighted by atomic mass is 15.2. The molecule has 0 bridgehead atoms. The summed E-state index contributed by atoms with van der Waals surface area (Å²) in [6.45, 7) is 0. The summed E-state index contributed by atoms with van der Waals surface area (Å²) >= 11 is 0. The number of rotatable bonds is 5. The van der Waals surface area contributed by atoms with E-state index in [9.17, 15) is 0 Å². The largest absolute Gasteiger partial charge is 0.379 e. The first kappa shape index (κ1) is 17.0. The number of anilines is 2. The zero-order valence-corrected chi connectivity index (χ0v) is 15.4. The summed E-state index contributed by atoms with van der Waals surface area (Å²) in [5.41, 5.74) is 3.62. The summed E-state index contributed by atoms with van der Waals surface area (Å²) in [4.78, 5) is 4.22. The molecule has 0 atom stereocenters. The molecule has 0 amide bonds. The Morgan fingerprint density at radius 1 is 0.600 bits per heavy atom. The van der Waals surface area contributed by atoms with Gasteiger partial charge in [0, 0.05) is 63.8 Å². The van der Waals surface area contributed by atoms with Crippen LogP contribution in [0.25, 0.3) is 0 Å². The van der Waals surface area contributed by atoms with Gasteiger partial charge in [-0.3, -0.25) is 0 Å². The number of nitrogens with zero attached hydrogens (tertiary/aromatic N) is 4. The minimum Gasteiger partial charge on any atom is -0.377 e. The molecule has 0 aliphatic heterocycles. The van der Waals surface area contributed by atoms with Crippen molar-refractivity contribution in [2.45, 2.75) is 6.17 Å². The summed E-state index contributed by atoms with van der Waals surface area (Å²) in [6.07, 6.45) is 8.63. The molecule has 128 valence electrons. The number of hydrogen-bond donors (Lipinski definition) is 0. The lowest BCUT2D eigenvalue weighted by Crippen LogP contribution is -2.57. The Labute approximate surface area is 150 Å². The normalized spacial score (nSPS) is 10.8. The van der Waals surface area contributed by atoms with E-state index in [1.54, 1.807) is 0 Å². The van der Waals surface area contributed by atoms with Gasteiger partial charge in [-0.25, -0.2) is 0 Å². The second-order valence-electron chi connectivity index (χ2n) is 6.58.